The predicted molar refractivity (Wildman–Crippen MR) is 134 cm³/mol. The number of nitrogens with one attached hydrogen (secondary N) is 2. The minimum absolute atomic E-state index is 0.327. The normalized spacial score (nSPS) is 13.9. The number of pyridine rings is 3. The van der Waals surface area contributed by atoms with Crippen LogP contribution in [0.1, 0.15) is 30.5 Å². The lowest BCUT2D eigenvalue weighted by Gasteiger charge is -2.28. The number of hydrogen-bond acceptors (Lipinski definition) is 7. The second-order valence-electron chi connectivity index (χ2n) is 8.71. The van der Waals surface area contributed by atoms with Crippen molar-refractivity contribution in [2.24, 2.45) is 0 Å². The fourth-order valence-electron chi connectivity index (χ4n) is 4.36. The first-order valence-corrected chi connectivity index (χ1v) is 11.2. The van der Waals surface area contributed by atoms with E-state index in [0.717, 1.165) is 46.6 Å². The van der Waals surface area contributed by atoms with Crippen LogP contribution in [-0.2, 0) is 0 Å². The smallest absolute Gasteiger partial charge is 0.0869 e. The Hall–Kier alpha value is -3.94. The van der Waals surface area contributed by atoms with Gasteiger partial charge >= 0.3 is 0 Å². The van der Waals surface area contributed by atoms with Crippen LogP contribution in [0.15, 0.2) is 49.2 Å². The van der Waals surface area contributed by atoms with E-state index in [4.69, 9.17) is 11.1 Å². The molecule has 0 atom stereocenters. The molecule has 4 aromatic heterocycles. The van der Waals surface area contributed by atoms with Gasteiger partial charge in [0.25, 0.3) is 0 Å². The summed E-state index contributed by atoms with van der Waals surface area (Å²) in [6.07, 6.45) is 12.6. The summed E-state index contributed by atoms with van der Waals surface area (Å²) in [6.45, 7) is 2.08. The van der Waals surface area contributed by atoms with Crippen LogP contribution in [0.3, 0.4) is 0 Å². The van der Waals surface area contributed by atoms with Gasteiger partial charge in [0.05, 0.1) is 64.5 Å². The van der Waals surface area contributed by atoms with E-state index in [2.05, 4.69) is 24.8 Å². The van der Waals surface area contributed by atoms with Crippen LogP contribution in [0.2, 0.25) is 0 Å². The Morgan fingerprint density at radius 2 is 1.79 bits per heavy atom. The summed E-state index contributed by atoms with van der Waals surface area (Å²) in [4.78, 5) is 21.0. The van der Waals surface area contributed by atoms with Crippen LogP contribution in [0.25, 0.3) is 22.2 Å². The van der Waals surface area contributed by atoms with Gasteiger partial charge in [-0.3, -0.25) is 20.4 Å². The molecule has 1 fully saturated rings. The quantitative estimate of drug-likeness (QED) is 0.403. The molecule has 1 saturated heterocycles. The van der Waals surface area contributed by atoms with Gasteiger partial charge in [-0.05, 0) is 37.5 Å². The molecule has 0 unspecified atom stereocenters. The number of piperidine rings is 1. The van der Waals surface area contributed by atoms with E-state index in [9.17, 15) is 0 Å². The van der Waals surface area contributed by atoms with Gasteiger partial charge < -0.3 is 20.5 Å². The molecule has 4 aromatic rings. The lowest BCUT2D eigenvalue weighted by atomic mass is 10.0. The van der Waals surface area contributed by atoms with E-state index in [-0.39, 0.29) is 0 Å². The van der Waals surface area contributed by atoms with Crippen LogP contribution in [0.4, 0.5) is 17.1 Å². The molecule has 33 heavy (non-hydrogen) atoms. The third kappa shape index (κ3) is 4.00. The Kier molecular flexibility index (Phi) is 5.42. The first-order valence-electron chi connectivity index (χ1n) is 11.2. The van der Waals surface area contributed by atoms with Gasteiger partial charge in [-0.15, -0.1) is 0 Å². The number of nitrogen functional groups attached to an aromatic ring is 1. The Balaban J connectivity index is 1.52. The number of nitrogens with two attached hydrogens (primary N) is 1. The van der Waals surface area contributed by atoms with Crippen molar-refractivity contribution in [2.75, 3.05) is 42.7 Å². The largest absolute Gasteiger partial charge is 0.397 e. The average molecular weight is 441 g/mol. The van der Waals surface area contributed by atoms with E-state index in [1.54, 1.807) is 12.4 Å². The number of rotatable bonds is 5. The van der Waals surface area contributed by atoms with Gasteiger partial charge in [0.2, 0.25) is 0 Å². The Labute approximate surface area is 193 Å². The summed E-state index contributed by atoms with van der Waals surface area (Å²) < 4.78 is 0. The maximum absolute atomic E-state index is 8.93. The van der Waals surface area contributed by atoms with Crippen molar-refractivity contribution >= 4 is 33.7 Å². The number of H-pyrrole nitrogens is 1. The maximum Gasteiger partial charge on any atom is 0.0869 e. The highest BCUT2D eigenvalue weighted by Gasteiger charge is 2.18. The number of nitrogens with zero attached hydrogens (tertiary/aromatic N) is 5. The summed E-state index contributed by atoms with van der Waals surface area (Å²) in [5.74, 6) is 0. The van der Waals surface area contributed by atoms with Crippen molar-refractivity contribution in [3.63, 3.8) is 0 Å². The fourth-order valence-corrected chi connectivity index (χ4v) is 4.36. The summed E-state index contributed by atoms with van der Waals surface area (Å²) >= 11 is 0. The summed E-state index contributed by atoms with van der Waals surface area (Å²) in [5, 5.41) is 10.0. The first kappa shape index (κ1) is 20.9. The van der Waals surface area contributed by atoms with Gasteiger partial charge in [-0.1, -0.05) is 0 Å². The van der Waals surface area contributed by atoms with Gasteiger partial charge in [0.15, 0.2) is 0 Å². The van der Waals surface area contributed by atoms with Gasteiger partial charge in [0.1, 0.15) is 0 Å². The first-order chi connectivity index (χ1) is 16.0. The minimum Gasteiger partial charge on any atom is -0.397 e. The van der Waals surface area contributed by atoms with Crippen molar-refractivity contribution in [1.82, 2.24) is 19.9 Å². The van der Waals surface area contributed by atoms with Crippen molar-refractivity contribution in [3.8, 4) is 11.3 Å². The van der Waals surface area contributed by atoms with Gasteiger partial charge in [-0.2, -0.15) is 0 Å². The summed E-state index contributed by atoms with van der Waals surface area (Å²) in [5.41, 5.74) is 13.0. The highest BCUT2D eigenvalue weighted by molar-refractivity contribution is 6.15. The number of fused-ring (bicyclic) bond motifs is 1. The highest BCUT2D eigenvalue weighted by atomic mass is 15.1. The molecule has 0 spiro atoms. The second kappa shape index (κ2) is 8.54. The summed E-state index contributed by atoms with van der Waals surface area (Å²) in [7, 11) is 3.95. The van der Waals surface area contributed by atoms with Crippen LogP contribution >= 0.6 is 0 Å². The molecule has 0 amide bonds. The Morgan fingerprint density at radius 1 is 1.00 bits per heavy atom. The molecule has 8 heteroatoms. The zero-order valence-corrected chi connectivity index (χ0v) is 19.0. The third-order valence-electron chi connectivity index (χ3n) is 6.23. The predicted octanol–water partition coefficient (Wildman–Crippen LogP) is 4.07. The lowest BCUT2D eigenvalue weighted by Crippen LogP contribution is -2.29. The van der Waals surface area contributed by atoms with Crippen LogP contribution in [-0.4, -0.2) is 52.8 Å². The van der Waals surface area contributed by atoms with E-state index in [0.29, 0.717) is 22.7 Å². The van der Waals surface area contributed by atoms with Crippen molar-refractivity contribution in [2.45, 2.75) is 19.3 Å². The number of aromatic nitrogens is 4. The third-order valence-corrected chi connectivity index (χ3v) is 6.23. The highest BCUT2D eigenvalue weighted by Crippen LogP contribution is 2.31. The van der Waals surface area contributed by atoms with E-state index in [1.807, 2.05) is 55.8 Å². The maximum atomic E-state index is 8.93. The van der Waals surface area contributed by atoms with E-state index >= 15 is 0 Å². The summed E-state index contributed by atoms with van der Waals surface area (Å²) in [6, 6.07) is 5.93. The second-order valence-corrected chi connectivity index (χ2v) is 8.71. The topological polar surface area (TPSA) is 111 Å². The van der Waals surface area contributed by atoms with Gasteiger partial charge in [0, 0.05) is 49.9 Å². The van der Waals surface area contributed by atoms with Crippen molar-refractivity contribution in [3.05, 3.63) is 60.4 Å². The molecule has 8 nitrogen and oxygen atoms in total. The molecule has 1 aliphatic heterocycles. The monoisotopic (exact) mass is 440 g/mol. The fraction of sp³-hybridized carbons (Fsp3) is 0.280. The number of aromatic amines is 1. The molecule has 5 rings (SSSR count). The molecule has 0 aromatic carbocycles. The van der Waals surface area contributed by atoms with Crippen LogP contribution in [0, 0.1) is 5.41 Å². The minimum atomic E-state index is 0.327. The average Bonchev–Trinajstić information content (AvgIpc) is 3.29. The number of anilines is 3. The van der Waals surface area contributed by atoms with Crippen molar-refractivity contribution in [1.29, 1.82) is 5.41 Å². The SMILES string of the molecule is CN(C)c1cncc(-c2cc(C(=N)c3cc4c(N5CCCCC5)cncc4[nH]3)c(N)cn2)c1. The molecule has 0 radical (unpaired) electrons. The van der Waals surface area contributed by atoms with E-state index in [1.165, 1.54) is 19.3 Å². The molecule has 5 heterocycles. The molecule has 168 valence electrons. The molecule has 4 N–H and O–H groups in total. The molecular weight excluding hydrogens is 412 g/mol. The number of hydrogen-bond donors (Lipinski definition) is 3. The van der Waals surface area contributed by atoms with E-state index < -0.39 is 0 Å². The standard InChI is InChI=1S/C25H28N8/c1-32(2)17-8-16(11-28-12-17)21-9-18(20(26)13-30-21)25(27)22-10-19-23(31-22)14-29-15-24(19)33-6-4-3-5-7-33/h8-15,27,31H,3-7,26H2,1-2H3. The molecule has 0 saturated carbocycles. The molecular formula is C25H28N8. The molecule has 1 aliphatic rings. The Bertz CT molecular complexity index is 1320. The van der Waals surface area contributed by atoms with Crippen LogP contribution in [0.5, 0.6) is 0 Å². The molecule has 0 aliphatic carbocycles. The zero-order valence-electron chi connectivity index (χ0n) is 19.0. The van der Waals surface area contributed by atoms with Crippen molar-refractivity contribution < 1.29 is 0 Å². The molecule has 0 bridgehead atoms. The Morgan fingerprint density at radius 3 is 2.58 bits per heavy atom. The zero-order chi connectivity index (χ0) is 22.9. The van der Waals surface area contributed by atoms with Crippen LogP contribution < -0.4 is 15.5 Å². The van der Waals surface area contributed by atoms with Gasteiger partial charge in [-0.25, -0.2) is 0 Å². The lowest BCUT2D eigenvalue weighted by molar-refractivity contribution is 0.578.